The molecule has 0 spiro atoms. The standard InChI is InChI=1S/C20H22N2O5S/c1-3-13-5-6-15(14-7-9-16(10-8-14)28(21,24)25)11-17(13)18-12-26-22-20(18)27-19(23)4-2/h5-11,18H,3-4,12H2,1-2H3,(H2,21,24,25). The van der Waals surface area contributed by atoms with Crippen LogP contribution >= 0.6 is 0 Å². The Hall–Kier alpha value is -2.71. The summed E-state index contributed by atoms with van der Waals surface area (Å²) >= 11 is 0. The predicted molar refractivity (Wildman–Crippen MR) is 105 cm³/mol. The van der Waals surface area contributed by atoms with E-state index in [0.717, 1.165) is 28.7 Å². The first kappa shape index (κ1) is 20.0. The van der Waals surface area contributed by atoms with Crippen molar-refractivity contribution in [3.05, 3.63) is 53.6 Å². The summed E-state index contributed by atoms with van der Waals surface area (Å²) in [5.41, 5.74) is 3.82. The van der Waals surface area contributed by atoms with Crippen LogP contribution in [-0.2, 0) is 30.8 Å². The predicted octanol–water partition coefficient (Wildman–Crippen LogP) is 2.94. The minimum Gasteiger partial charge on any atom is -0.407 e. The number of carbonyl (C=O) groups is 1. The topological polar surface area (TPSA) is 108 Å². The minimum absolute atomic E-state index is 0.0618. The third-order valence-electron chi connectivity index (χ3n) is 4.62. The van der Waals surface area contributed by atoms with Crippen molar-refractivity contribution in [1.82, 2.24) is 0 Å². The van der Waals surface area contributed by atoms with Gasteiger partial charge in [0.15, 0.2) is 0 Å². The number of nitrogens with zero attached hydrogens (tertiary/aromatic N) is 1. The van der Waals surface area contributed by atoms with E-state index in [9.17, 15) is 13.2 Å². The number of primary sulfonamides is 1. The molecule has 3 rings (SSSR count). The van der Waals surface area contributed by atoms with Gasteiger partial charge in [-0.2, -0.15) is 0 Å². The molecule has 2 N–H and O–H groups in total. The van der Waals surface area contributed by atoms with Gasteiger partial charge in [-0.15, -0.1) is 0 Å². The number of benzene rings is 2. The average molecular weight is 402 g/mol. The molecule has 0 saturated heterocycles. The molecule has 28 heavy (non-hydrogen) atoms. The molecule has 0 aromatic heterocycles. The monoisotopic (exact) mass is 402 g/mol. The molecule has 0 aliphatic carbocycles. The minimum atomic E-state index is -3.74. The molecule has 0 amide bonds. The van der Waals surface area contributed by atoms with Gasteiger partial charge in [0.2, 0.25) is 15.9 Å². The van der Waals surface area contributed by atoms with E-state index >= 15 is 0 Å². The Kier molecular flexibility index (Phi) is 5.81. The largest absolute Gasteiger partial charge is 0.407 e. The van der Waals surface area contributed by atoms with E-state index in [-0.39, 0.29) is 29.1 Å². The van der Waals surface area contributed by atoms with Gasteiger partial charge in [-0.25, -0.2) is 13.6 Å². The maximum atomic E-state index is 11.7. The lowest BCUT2D eigenvalue weighted by Gasteiger charge is -2.16. The van der Waals surface area contributed by atoms with Crippen molar-refractivity contribution >= 4 is 21.9 Å². The number of hydrogen-bond donors (Lipinski definition) is 1. The van der Waals surface area contributed by atoms with E-state index in [0.29, 0.717) is 6.61 Å². The van der Waals surface area contributed by atoms with Crippen molar-refractivity contribution in [2.45, 2.75) is 37.5 Å². The van der Waals surface area contributed by atoms with E-state index in [1.807, 2.05) is 25.1 Å². The second-order valence-corrected chi connectivity index (χ2v) is 8.00. The van der Waals surface area contributed by atoms with Gasteiger partial charge in [0.1, 0.15) is 12.5 Å². The highest BCUT2D eigenvalue weighted by molar-refractivity contribution is 7.89. The molecule has 0 saturated carbocycles. The van der Waals surface area contributed by atoms with Crippen LogP contribution in [0.1, 0.15) is 37.3 Å². The molecule has 148 valence electrons. The zero-order valence-corrected chi connectivity index (χ0v) is 16.5. The van der Waals surface area contributed by atoms with Crippen molar-refractivity contribution < 1.29 is 22.8 Å². The van der Waals surface area contributed by atoms with E-state index in [1.165, 1.54) is 12.1 Å². The molecular weight excluding hydrogens is 380 g/mol. The first-order chi connectivity index (χ1) is 13.3. The summed E-state index contributed by atoms with van der Waals surface area (Å²) in [6, 6.07) is 12.4. The van der Waals surface area contributed by atoms with Gasteiger partial charge in [-0.1, -0.05) is 43.3 Å². The number of hydrogen-bond acceptors (Lipinski definition) is 6. The zero-order chi connectivity index (χ0) is 20.3. The SMILES string of the molecule is CCC(=O)OC1=NOCC1c1cc(-c2ccc(S(N)(=O)=O)cc2)ccc1CC. The van der Waals surface area contributed by atoms with E-state index < -0.39 is 10.0 Å². The van der Waals surface area contributed by atoms with Crippen LogP contribution in [0.5, 0.6) is 0 Å². The van der Waals surface area contributed by atoms with E-state index in [1.54, 1.807) is 19.1 Å². The van der Waals surface area contributed by atoms with Crippen LogP contribution in [0.3, 0.4) is 0 Å². The molecule has 0 fully saturated rings. The van der Waals surface area contributed by atoms with Crippen LogP contribution in [0.25, 0.3) is 11.1 Å². The van der Waals surface area contributed by atoms with Crippen molar-refractivity contribution in [3.8, 4) is 11.1 Å². The van der Waals surface area contributed by atoms with Gasteiger partial charge in [0, 0.05) is 6.42 Å². The Morgan fingerprint density at radius 3 is 2.46 bits per heavy atom. The quantitative estimate of drug-likeness (QED) is 0.774. The Bertz CT molecular complexity index is 1010. The van der Waals surface area contributed by atoms with Crippen molar-refractivity contribution in [3.63, 3.8) is 0 Å². The van der Waals surface area contributed by atoms with Crippen LogP contribution in [0.15, 0.2) is 52.5 Å². The second-order valence-electron chi connectivity index (χ2n) is 6.44. The lowest BCUT2D eigenvalue weighted by Crippen LogP contribution is -2.19. The van der Waals surface area contributed by atoms with E-state index in [2.05, 4.69) is 5.16 Å². The van der Waals surface area contributed by atoms with Crippen LogP contribution in [0.2, 0.25) is 0 Å². The highest BCUT2D eigenvalue weighted by Gasteiger charge is 2.30. The lowest BCUT2D eigenvalue weighted by molar-refractivity contribution is -0.135. The molecule has 1 aliphatic heterocycles. The number of esters is 1. The van der Waals surface area contributed by atoms with Crippen LogP contribution in [0.4, 0.5) is 0 Å². The molecule has 2 aromatic rings. The first-order valence-corrected chi connectivity index (χ1v) is 10.5. The van der Waals surface area contributed by atoms with Gasteiger partial charge < -0.3 is 9.57 Å². The highest BCUT2D eigenvalue weighted by atomic mass is 32.2. The summed E-state index contributed by atoms with van der Waals surface area (Å²) in [7, 11) is -3.74. The van der Waals surface area contributed by atoms with Crippen molar-refractivity contribution in [2.75, 3.05) is 6.61 Å². The maximum Gasteiger partial charge on any atom is 0.312 e. The normalized spacial score (nSPS) is 16.4. The van der Waals surface area contributed by atoms with Crippen LogP contribution in [0, 0.1) is 0 Å². The van der Waals surface area contributed by atoms with Gasteiger partial charge >= 0.3 is 5.97 Å². The number of rotatable bonds is 5. The third kappa shape index (κ3) is 4.23. The molecule has 1 atom stereocenters. The number of nitrogens with two attached hydrogens (primary N) is 1. The summed E-state index contributed by atoms with van der Waals surface area (Å²) in [5, 5.41) is 9.05. The van der Waals surface area contributed by atoms with Gasteiger partial charge in [-0.05, 0) is 46.9 Å². The fourth-order valence-electron chi connectivity index (χ4n) is 3.07. The molecule has 8 heteroatoms. The Morgan fingerprint density at radius 1 is 1.18 bits per heavy atom. The third-order valence-corrected chi connectivity index (χ3v) is 5.55. The molecule has 7 nitrogen and oxygen atoms in total. The lowest BCUT2D eigenvalue weighted by atomic mass is 9.90. The molecule has 0 bridgehead atoms. The molecule has 2 aromatic carbocycles. The maximum absolute atomic E-state index is 11.7. The fraction of sp³-hybridized carbons (Fsp3) is 0.300. The summed E-state index contributed by atoms with van der Waals surface area (Å²) < 4.78 is 28.2. The van der Waals surface area contributed by atoms with Gasteiger partial charge in [-0.3, -0.25) is 4.79 Å². The number of carbonyl (C=O) groups excluding carboxylic acids is 1. The van der Waals surface area contributed by atoms with E-state index in [4.69, 9.17) is 14.7 Å². The van der Waals surface area contributed by atoms with Crippen LogP contribution < -0.4 is 5.14 Å². The smallest absolute Gasteiger partial charge is 0.312 e. The van der Waals surface area contributed by atoms with Crippen LogP contribution in [-0.4, -0.2) is 26.9 Å². The molecule has 1 unspecified atom stereocenters. The summed E-state index contributed by atoms with van der Waals surface area (Å²) in [4.78, 5) is 16.9. The number of aryl methyl sites for hydroxylation is 1. The Morgan fingerprint density at radius 2 is 1.86 bits per heavy atom. The van der Waals surface area contributed by atoms with Gasteiger partial charge in [0.25, 0.3) is 0 Å². The summed E-state index contributed by atoms with van der Waals surface area (Å²) in [6.07, 6.45) is 1.05. The summed E-state index contributed by atoms with van der Waals surface area (Å²) in [6.45, 7) is 4.06. The van der Waals surface area contributed by atoms with Gasteiger partial charge in [0.05, 0.1) is 4.90 Å². The summed E-state index contributed by atoms with van der Waals surface area (Å²) in [5.74, 6) is -0.362. The Labute approximate surface area is 164 Å². The number of sulfonamides is 1. The molecule has 0 radical (unpaired) electrons. The number of oxime groups is 1. The first-order valence-electron chi connectivity index (χ1n) is 9.00. The fourth-order valence-corrected chi connectivity index (χ4v) is 3.59. The Balaban J connectivity index is 1.97. The molecular formula is C20H22N2O5S. The van der Waals surface area contributed by atoms with Crippen molar-refractivity contribution in [1.29, 1.82) is 0 Å². The molecule has 1 heterocycles. The zero-order valence-electron chi connectivity index (χ0n) is 15.7. The average Bonchev–Trinajstić information content (AvgIpc) is 3.14. The number of ether oxygens (including phenoxy) is 1. The van der Waals surface area contributed by atoms with Crippen molar-refractivity contribution in [2.24, 2.45) is 10.3 Å². The second kappa shape index (κ2) is 8.12. The molecule has 1 aliphatic rings. The highest BCUT2D eigenvalue weighted by Crippen LogP contribution is 2.32.